The Morgan fingerprint density at radius 3 is 2.29 bits per heavy atom. The fourth-order valence-corrected chi connectivity index (χ4v) is 5.37. The minimum atomic E-state index is -0.762. The number of nitrogens with two attached hydrogens (primary N) is 1. The van der Waals surface area contributed by atoms with Gasteiger partial charge in [0.2, 0.25) is 17.6 Å². The quantitative estimate of drug-likeness (QED) is 0.188. The Morgan fingerprint density at radius 2 is 1.64 bits per heavy atom. The number of tetrazole rings is 1. The van der Waals surface area contributed by atoms with Crippen molar-refractivity contribution in [3.63, 3.8) is 0 Å². The van der Waals surface area contributed by atoms with Gasteiger partial charge in [-0.05, 0) is 89.9 Å². The lowest BCUT2D eigenvalue weighted by Crippen LogP contribution is -2.48. The van der Waals surface area contributed by atoms with E-state index in [1.165, 1.54) is 0 Å². The van der Waals surface area contributed by atoms with Gasteiger partial charge in [-0.15, -0.1) is 22.6 Å². The van der Waals surface area contributed by atoms with Gasteiger partial charge < -0.3 is 21.5 Å². The monoisotopic (exact) mass is 589 g/mol. The number of anilines is 1. The third-order valence-electron chi connectivity index (χ3n) is 7.83. The maximum atomic E-state index is 13.5. The highest BCUT2D eigenvalue weighted by atomic mass is 35.5. The lowest BCUT2D eigenvalue weighted by molar-refractivity contribution is -0.130. The first-order valence-corrected chi connectivity index (χ1v) is 14.0. The predicted octanol–water partition coefficient (Wildman–Crippen LogP) is 3.88. The van der Waals surface area contributed by atoms with Crippen molar-refractivity contribution in [2.45, 2.75) is 44.8 Å². The van der Waals surface area contributed by atoms with E-state index in [2.05, 4.69) is 31.3 Å². The van der Waals surface area contributed by atoms with Crippen LogP contribution in [0.25, 0.3) is 22.5 Å². The maximum absolute atomic E-state index is 13.5. The number of carbonyl (C=O) groups is 2. The van der Waals surface area contributed by atoms with Crippen molar-refractivity contribution < 1.29 is 14.7 Å². The van der Waals surface area contributed by atoms with Gasteiger partial charge in [0.05, 0.1) is 6.61 Å². The summed E-state index contributed by atoms with van der Waals surface area (Å²) in [5.74, 6) is 0.405. The van der Waals surface area contributed by atoms with E-state index in [0.29, 0.717) is 30.4 Å². The van der Waals surface area contributed by atoms with Crippen molar-refractivity contribution in [1.29, 1.82) is 0 Å². The fourth-order valence-electron chi connectivity index (χ4n) is 5.37. The fraction of sp³-hybridized carbons (Fsp3) is 0.323. The van der Waals surface area contributed by atoms with Gasteiger partial charge in [0.1, 0.15) is 6.04 Å². The summed E-state index contributed by atoms with van der Waals surface area (Å²) in [6.07, 6.45) is 3.74. The Morgan fingerprint density at radius 1 is 0.952 bits per heavy atom. The van der Waals surface area contributed by atoms with Crippen LogP contribution in [0.15, 0.2) is 72.8 Å². The number of aromatic amines is 1. The summed E-state index contributed by atoms with van der Waals surface area (Å²) in [7, 11) is 0. The van der Waals surface area contributed by atoms with Gasteiger partial charge in [-0.25, -0.2) is 0 Å². The Kier molecular flexibility index (Phi) is 10.8. The summed E-state index contributed by atoms with van der Waals surface area (Å²) in [5, 5.41) is 29.7. The molecule has 42 heavy (non-hydrogen) atoms. The number of aromatic nitrogens is 4. The van der Waals surface area contributed by atoms with Crippen LogP contribution < -0.4 is 16.4 Å². The van der Waals surface area contributed by atoms with Gasteiger partial charge in [-0.2, -0.15) is 5.21 Å². The van der Waals surface area contributed by atoms with Crippen LogP contribution in [0.1, 0.15) is 36.8 Å². The van der Waals surface area contributed by atoms with Crippen molar-refractivity contribution in [2.75, 3.05) is 11.9 Å². The molecule has 0 bridgehead atoms. The van der Waals surface area contributed by atoms with Crippen LogP contribution in [0.3, 0.4) is 0 Å². The lowest BCUT2D eigenvalue weighted by atomic mass is 9.81. The first kappa shape index (κ1) is 30.8. The summed E-state index contributed by atoms with van der Waals surface area (Å²) < 4.78 is 0. The molecular formula is C31H36ClN7O3. The molecule has 2 amide bonds. The summed E-state index contributed by atoms with van der Waals surface area (Å²) in [6, 6.07) is 22.0. The van der Waals surface area contributed by atoms with Crippen molar-refractivity contribution in [1.82, 2.24) is 25.9 Å². The lowest BCUT2D eigenvalue weighted by Gasteiger charge is -2.28. The number of rotatable bonds is 10. The molecule has 4 aromatic rings. The zero-order chi connectivity index (χ0) is 28.6. The molecule has 0 unspecified atom stereocenters. The third-order valence-corrected chi connectivity index (χ3v) is 7.83. The number of hydrogen-bond donors (Lipinski definition) is 5. The van der Waals surface area contributed by atoms with Crippen LogP contribution in [-0.4, -0.2) is 50.1 Å². The number of carbonyl (C=O) groups excluding carboxylic acids is 2. The molecule has 1 aliphatic carbocycles. The smallest absolute Gasteiger partial charge is 0.247 e. The Labute approximate surface area is 250 Å². The summed E-state index contributed by atoms with van der Waals surface area (Å²) in [5.41, 5.74) is 10.9. The Bertz CT molecular complexity index is 1440. The number of aliphatic hydroxyl groups is 1. The molecule has 1 atom stereocenters. The number of nitrogens with zero attached hydrogens (tertiary/aromatic N) is 3. The van der Waals surface area contributed by atoms with Gasteiger partial charge in [0.25, 0.3) is 0 Å². The molecule has 0 saturated heterocycles. The number of halogens is 1. The average Bonchev–Trinajstić information content (AvgIpc) is 3.57. The van der Waals surface area contributed by atoms with E-state index in [1.54, 1.807) is 24.3 Å². The highest BCUT2D eigenvalue weighted by Crippen LogP contribution is 2.29. The molecule has 1 aliphatic rings. The van der Waals surface area contributed by atoms with Gasteiger partial charge in [-0.3, -0.25) is 9.59 Å². The standard InChI is InChI=1S/C31H35N7O3.ClH/c32-18-21-7-11-24(12-8-21)30(40)34-28(31(41)33-26-15-13-23(14-16-26)29-35-37-38-36-29)17-20-5-9-22(10-6-20)27-4-2-1-3-25(27)19-39;/h1-6,9-10,13-16,21,24,28,39H,7-8,11-12,17-19,32H2,(H,33,41)(H,34,40)(H,35,36,37,38);1H/t21-,24-,28-;/m0./s1. The molecule has 6 N–H and O–H groups in total. The molecule has 0 spiro atoms. The van der Waals surface area contributed by atoms with E-state index in [4.69, 9.17) is 5.73 Å². The van der Waals surface area contributed by atoms with Gasteiger partial charge in [-0.1, -0.05) is 48.5 Å². The molecule has 220 valence electrons. The molecule has 5 rings (SSSR count). The van der Waals surface area contributed by atoms with E-state index in [9.17, 15) is 14.7 Å². The second kappa shape index (κ2) is 14.7. The van der Waals surface area contributed by atoms with Crippen LogP contribution in [0.2, 0.25) is 0 Å². The average molecular weight is 590 g/mol. The molecular weight excluding hydrogens is 554 g/mol. The van der Waals surface area contributed by atoms with Crippen LogP contribution in [0, 0.1) is 11.8 Å². The van der Waals surface area contributed by atoms with Gasteiger partial charge >= 0.3 is 0 Å². The summed E-state index contributed by atoms with van der Waals surface area (Å²) in [6.45, 7) is 0.596. The molecule has 1 saturated carbocycles. The molecule has 10 nitrogen and oxygen atoms in total. The molecule has 1 fully saturated rings. The molecule has 0 aliphatic heterocycles. The Hall–Kier alpha value is -4.12. The van der Waals surface area contributed by atoms with E-state index < -0.39 is 6.04 Å². The molecule has 0 radical (unpaired) electrons. The highest BCUT2D eigenvalue weighted by Gasteiger charge is 2.29. The number of H-pyrrole nitrogens is 1. The number of benzene rings is 3. The minimum absolute atomic E-state index is 0. The zero-order valence-electron chi connectivity index (χ0n) is 23.2. The summed E-state index contributed by atoms with van der Waals surface area (Å²) in [4.78, 5) is 26.8. The van der Waals surface area contributed by atoms with Crippen LogP contribution in [-0.2, 0) is 22.6 Å². The number of hydrogen-bond acceptors (Lipinski definition) is 7. The van der Waals surface area contributed by atoms with Crippen molar-refractivity contribution in [3.8, 4) is 22.5 Å². The normalized spacial score (nSPS) is 17.1. The summed E-state index contributed by atoms with van der Waals surface area (Å²) >= 11 is 0. The molecule has 3 aromatic carbocycles. The van der Waals surface area contributed by atoms with E-state index in [1.807, 2.05) is 48.5 Å². The second-order valence-corrected chi connectivity index (χ2v) is 10.5. The maximum Gasteiger partial charge on any atom is 0.247 e. The van der Waals surface area contributed by atoms with Crippen molar-refractivity contribution in [2.24, 2.45) is 17.6 Å². The van der Waals surface area contributed by atoms with E-state index in [0.717, 1.165) is 53.5 Å². The van der Waals surface area contributed by atoms with Crippen LogP contribution in [0.4, 0.5) is 5.69 Å². The topological polar surface area (TPSA) is 159 Å². The minimum Gasteiger partial charge on any atom is -0.392 e. The van der Waals surface area contributed by atoms with Gasteiger partial charge in [0, 0.05) is 23.6 Å². The first-order chi connectivity index (χ1) is 20.0. The van der Waals surface area contributed by atoms with Crippen molar-refractivity contribution >= 4 is 29.9 Å². The predicted molar refractivity (Wildman–Crippen MR) is 163 cm³/mol. The Balaban J connectivity index is 0.00000405. The second-order valence-electron chi connectivity index (χ2n) is 10.5. The van der Waals surface area contributed by atoms with E-state index in [-0.39, 0.29) is 36.7 Å². The SMILES string of the molecule is Cl.NC[C@H]1CC[C@H](C(=O)N[C@@H](Cc2ccc(-c3ccccc3CO)cc2)C(=O)Nc2ccc(-c3nn[nH]n3)cc2)CC1. The van der Waals surface area contributed by atoms with Gasteiger partial charge in [0.15, 0.2) is 0 Å². The highest BCUT2D eigenvalue weighted by molar-refractivity contribution is 5.97. The first-order valence-electron chi connectivity index (χ1n) is 14.0. The largest absolute Gasteiger partial charge is 0.392 e. The number of amides is 2. The molecule has 1 heterocycles. The van der Waals surface area contributed by atoms with Crippen LogP contribution in [0.5, 0.6) is 0 Å². The van der Waals surface area contributed by atoms with Crippen LogP contribution >= 0.6 is 12.4 Å². The molecule has 1 aromatic heterocycles. The molecule has 11 heteroatoms. The number of nitrogens with one attached hydrogen (secondary N) is 3. The van der Waals surface area contributed by atoms with Crippen molar-refractivity contribution in [3.05, 3.63) is 83.9 Å². The number of aliphatic hydroxyl groups excluding tert-OH is 1. The van der Waals surface area contributed by atoms with E-state index >= 15 is 0 Å². The third kappa shape index (κ3) is 7.58. The zero-order valence-corrected chi connectivity index (χ0v) is 24.0.